The lowest BCUT2D eigenvalue weighted by Crippen LogP contribution is -2.02. The van der Waals surface area contributed by atoms with Crippen LogP contribution in [0.1, 0.15) is 5.56 Å². The molecule has 5 nitrogen and oxygen atoms in total. The summed E-state index contributed by atoms with van der Waals surface area (Å²) in [5.41, 5.74) is 8.63. The lowest BCUT2D eigenvalue weighted by Gasteiger charge is -2.10. The van der Waals surface area contributed by atoms with Gasteiger partial charge in [-0.3, -0.25) is 4.98 Å². The van der Waals surface area contributed by atoms with Crippen molar-refractivity contribution in [2.75, 3.05) is 19.5 Å². The molecule has 0 bridgehead atoms. The van der Waals surface area contributed by atoms with Gasteiger partial charge in [-0.25, -0.2) is 4.98 Å². The maximum Gasteiger partial charge on any atom is 0.213 e. The largest absolute Gasteiger partial charge is 0.481 e. The quantitative estimate of drug-likeness (QED) is 0.847. The van der Waals surface area contributed by atoms with Crippen LogP contribution in [0.2, 0.25) is 0 Å². The Morgan fingerprint density at radius 3 is 2.83 bits per heavy atom. The van der Waals surface area contributed by atoms with Crippen molar-refractivity contribution in [3.05, 3.63) is 36.0 Å². The summed E-state index contributed by atoms with van der Waals surface area (Å²) in [5, 5.41) is 9.06. The highest BCUT2D eigenvalue weighted by Crippen LogP contribution is 2.27. The summed E-state index contributed by atoms with van der Waals surface area (Å²) in [7, 11) is 1.55. The van der Waals surface area contributed by atoms with E-state index in [9.17, 15) is 0 Å². The number of aliphatic hydroxyl groups excluding tert-OH is 1. The summed E-state index contributed by atoms with van der Waals surface area (Å²) in [6.45, 7) is 0.0581. The second-order valence-electron chi connectivity index (χ2n) is 3.78. The fourth-order valence-corrected chi connectivity index (χ4v) is 1.73. The summed E-state index contributed by atoms with van der Waals surface area (Å²) in [4.78, 5) is 8.61. The third-order valence-corrected chi connectivity index (χ3v) is 2.61. The molecule has 0 spiro atoms. The van der Waals surface area contributed by atoms with Crippen LogP contribution in [0.5, 0.6) is 5.88 Å². The molecule has 0 radical (unpaired) electrons. The molecule has 0 saturated heterocycles. The molecule has 0 aromatic carbocycles. The number of hydrogen-bond acceptors (Lipinski definition) is 5. The third kappa shape index (κ3) is 2.41. The van der Waals surface area contributed by atoms with E-state index in [0.29, 0.717) is 29.4 Å². The highest BCUT2D eigenvalue weighted by Gasteiger charge is 2.12. The molecule has 5 heteroatoms. The zero-order chi connectivity index (χ0) is 13.0. The number of pyridine rings is 2. The van der Waals surface area contributed by atoms with E-state index in [0.717, 1.165) is 5.56 Å². The summed E-state index contributed by atoms with van der Waals surface area (Å²) < 4.78 is 5.09. The van der Waals surface area contributed by atoms with E-state index < -0.39 is 0 Å². The molecule has 0 aliphatic carbocycles. The van der Waals surface area contributed by atoms with Crippen molar-refractivity contribution in [3.8, 4) is 17.3 Å². The number of aliphatic hydroxyl groups is 1. The van der Waals surface area contributed by atoms with E-state index in [1.54, 1.807) is 25.4 Å². The topological polar surface area (TPSA) is 81.3 Å². The zero-order valence-corrected chi connectivity index (χ0v) is 10.1. The number of aromatic nitrogens is 2. The highest BCUT2D eigenvalue weighted by molar-refractivity contribution is 5.72. The van der Waals surface area contributed by atoms with E-state index in [-0.39, 0.29) is 6.61 Å². The first-order valence-corrected chi connectivity index (χ1v) is 5.62. The van der Waals surface area contributed by atoms with Gasteiger partial charge in [-0.05, 0) is 24.1 Å². The summed E-state index contributed by atoms with van der Waals surface area (Å²) in [5.74, 6) is 0.486. The first-order chi connectivity index (χ1) is 8.76. The number of methoxy groups -OCH3 is 1. The Kier molecular flexibility index (Phi) is 3.74. The minimum Gasteiger partial charge on any atom is -0.481 e. The van der Waals surface area contributed by atoms with Gasteiger partial charge in [0.25, 0.3) is 0 Å². The molecular weight excluding hydrogens is 230 g/mol. The Bertz CT molecular complexity index is 544. The van der Waals surface area contributed by atoms with Crippen LogP contribution in [-0.4, -0.2) is 28.8 Å². The standard InChI is InChI=1S/C13H15N3O2/c1-18-11-5-4-10(14)13(16-11)12-9(6-8-17)3-2-7-15-12/h2-5,7,17H,6,8,14H2,1H3. The maximum absolute atomic E-state index is 9.06. The molecule has 0 saturated carbocycles. The third-order valence-electron chi connectivity index (χ3n) is 2.61. The van der Waals surface area contributed by atoms with Gasteiger partial charge in [0.15, 0.2) is 0 Å². The predicted octanol–water partition coefficient (Wildman–Crippen LogP) is 1.27. The summed E-state index contributed by atoms with van der Waals surface area (Å²) >= 11 is 0. The predicted molar refractivity (Wildman–Crippen MR) is 69.2 cm³/mol. The molecule has 0 fully saturated rings. The van der Waals surface area contributed by atoms with Crippen LogP contribution >= 0.6 is 0 Å². The number of nitrogens with two attached hydrogens (primary N) is 1. The van der Waals surface area contributed by atoms with Crippen molar-refractivity contribution in [3.63, 3.8) is 0 Å². The normalized spacial score (nSPS) is 10.3. The van der Waals surface area contributed by atoms with Crippen LogP contribution in [0.3, 0.4) is 0 Å². The number of ether oxygens (including phenoxy) is 1. The Morgan fingerprint density at radius 2 is 2.11 bits per heavy atom. The first-order valence-electron chi connectivity index (χ1n) is 5.62. The molecule has 0 amide bonds. The average Bonchev–Trinajstić information content (AvgIpc) is 2.41. The van der Waals surface area contributed by atoms with E-state index in [4.69, 9.17) is 15.6 Å². The molecule has 0 unspecified atom stereocenters. The fourth-order valence-electron chi connectivity index (χ4n) is 1.73. The Balaban J connectivity index is 2.53. The summed E-state index contributed by atoms with van der Waals surface area (Å²) in [6.07, 6.45) is 2.19. The molecule has 3 N–H and O–H groups in total. The van der Waals surface area contributed by atoms with Crippen LogP contribution < -0.4 is 10.5 Å². The molecule has 94 valence electrons. The molecular formula is C13H15N3O2. The van der Waals surface area contributed by atoms with Crippen LogP contribution in [0.4, 0.5) is 5.69 Å². The van der Waals surface area contributed by atoms with Crippen LogP contribution in [-0.2, 0) is 6.42 Å². The van der Waals surface area contributed by atoms with Gasteiger partial charge in [0.05, 0.1) is 18.5 Å². The molecule has 0 aliphatic rings. The molecule has 0 aliphatic heterocycles. The van der Waals surface area contributed by atoms with Crippen molar-refractivity contribution in [1.29, 1.82) is 0 Å². The zero-order valence-electron chi connectivity index (χ0n) is 10.1. The first kappa shape index (κ1) is 12.3. The van der Waals surface area contributed by atoms with Crippen molar-refractivity contribution >= 4 is 5.69 Å². The van der Waals surface area contributed by atoms with Crippen LogP contribution in [0.25, 0.3) is 11.4 Å². The van der Waals surface area contributed by atoms with Crippen LogP contribution in [0, 0.1) is 0 Å². The van der Waals surface area contributed by atoms with Gasteiger partial charge in [0.1, 0.15) is 5.69 Å². The molecule has 2 heterocycles. The van der Waals surface area contributed by atoms with E-state index in [2.05, 4.69) is 9.97 Å². The maximum atomic E-state index is 9.06. The molecule has 2 rings (SSSR count). The minimum absolute atomic E-state index is 0.0581. The number of nitrogens with zero attached hydrogens (tertiary/aromatic N) is 2. The van der Waals surface area contributed by atoms with Gasteiger partial charge in [-0.1, -0.05) is 6.07 Å². The van der Waals surface area contributed by atoms with Crippen molar-refractivity contribution < 1.29 is 9.84 Å². The number of anilines is 1. The number of nitrogen functional groups attached to an aromatic ring is 1. The van der Waals surface area contributed by atoms with Gasteiger partial charge >= 0.3 is 0 Å². The van der Waals surface area contributed by atoms with Gasteiger partial charge in [0, 0.05) is 18.9 Å². The van der Waals surface area contributed by atoms with Crippen molar-refractivity contribution in [2.45, 2.75) is 6.42 Å². The van der Waals surface area contributed by atoms with Gasteiger partial charge in [-0.2, -0.15) is 0 Å². The Morgan fingerprint density at radius 1 is 1.28 bits per heavy atom. The van der Waals surface area contributed by atoms with Crippen LogP contribution in [0.15, 0.2) is 30.5 Å². The van der Waals surface area contributed by atoms with Gasteiger partial charge in [0.2, 0.25) is 5.88 Å². The molecule has 0 atom stereocenters. The number of rotatable bonds is 4. The Labute approximate surface area is 105 Å². The van der Waals surface area contributed by atoms with Gasteiger partial charge in [-0.15, -0.1) is 0 Å². The second kappa shape index (κ2) is 5.46. The molecule has 2 aromatic rings. The molecule has 18 heavy (non-hydrogen) atoms. The molecule has 2 aromatic heterocycles. The number of hydrogen-bond donors (Lipinski definition) is 2. The lowest BCUT2D eigenvalue weighted by molar-refractivity contribution is 0.299. The van der Waals surface area contributed by atoms with E-state index in [1.165, 1.54) is 0 Å². The second-order valence-corrected chi connectivity index (χ2v) is 3.78. The SMILES string of the molecule is COc1ccc(N)c(-c2ncccc2CCO)n1. The van der Waals surface area contributed by atoms with Gasteiger partial charge < -0.3 is 15.6 Å². The highest BCUT2D eigenvalue weighted by atomic mass is 16.5. The van der Waals surface area contributed by atoms with Crippen molar-refractivity contribution in [2.24, 2.45) is 0 Å². The monoisotopic (exact) mass is 245 g/mol. The smallest absolute Gasteiger partial charge is 0.213 e. The fraction of sp³-hybridized carbons (Fsp3) is 0.231. The van der Waals surface area contributed by atoms with Crippen molar-refractivity contribution in [1.82, 2.24) is 9.97 Å². The summed E-state index contributed by atoms with van der Waals surface area (Å²) in [6, 6.07) is 7.16. The lowest BCUT2D eigenvalue weighted by atomic mass is 10.1. The average molecular weight is 245 g/mol. The van der Waals surface area contributed by atoms with E-state index >= 15 is 0 Å². The van der Waals surface area contributed by atoms with E-state index in [1.807, 2.05) is 12.1 Å². The Hall–Kier alpha value is -2.14. The minimum atomic E-state index is 0.0581.